The van der Waals surface area contributed by atoms with E-state index < -0.39 is 0 Å². The lowest BCUT2D eigenvalue weighted by atomic mass is 9.93. The van der Waals surface area contributed by atoms with Gasteiger partial charge >= 0.3 is 0 Å². The van der Waals surface area contributed by atoms with Gasteiger partial charge < -0.3 is 0 Å². The van der Waals surface area contributed by atoms with E-state index in [1.807, 2.05) is 18.2 Å². The Hall–Kier alpha value is -2.07. The van der Waals surface area contributed by atoms with Crippen LogP contribution in [0.4, 0.5) is 0 Å². The highest BCUT2D eigenvalue weighted by molar-refractivity contribution is 5.72. The second kappa shape index (κ2) is 12.3. The number of hydrogen-bond donors (Lipinski definition) is 0. The van der Waals surface area contributed by atoms with Crippen LogP contribution in [0.1, 0.15) is 82.3 Å². The van der Waals surface area contributed by atoms with Crippen LogP contribution in [0.3, 0.4) is 0 Å². The van der Waals surface area contributed by atoms with E-state index in [0.29, 0.717) is 0 Å². The molecular weight excluding hydrogens is 314 g/mol. The van der Waals surface area contributed by atoms with Crippen molar-refractivity contribution in [2.24, 2.45) is 0 Å². The third kappa shape index (κ3) is 6.68. The van der Waals surface area contributed by atoms with Gasteiger partial charge in [-0.15, -0.1) is 0 Å². The van der Waals surface area contributed by atoms with Gasteiger partial charge in [0.05, 0.1) is 5.56 Å². The van der Waals surface area contributed by atoms with Crippen LogP contribution in [0.15, 0.2) is 48.5 Å². The van der Waals surface area contributed by atoms with E-state index in [0.717, 1.165) is 23.1 Å². The Kier molecular flexibility index (Phi) is 9.59. The lowest BCUT2D eigenvalue weighted by molar-refractivity contribution is 0.556. The van der Waals surface area contributed by atoms with E-state index >= 15 is 0 Å². The van der Waals surface area contributed by atoms with Gasteiger partial charge in [0.25, 0.3) is 0 Å². The molecule has 2 aromatic carbocycles. The monoisotopic (exact) mass is 347 g/mol. The summed E-state index contributed by atoms with van der Waals surface area (Å²) in [6.07, 6.45) is 14.5. The molecule has 0 spiro atoms. The average molecular weight is 348 g/mol. The maximum Gasteiger partial charge on any atom is 0.100 e. The number of benzene rings is 2. The number of nitrogens with zero attached hydrogens (tertiary/aromatic N) is 1. The van der Waals surface area contributed by atoms with Gasteiger partial charge in [0.1, 0.15) is 6.07 Å². The molecule has 138 valence electrons. The molecule has 0 aliphatic carbocycles. The van der Waals surface area contributed by atoms with Crippen LogP contribution in [0.2, 0.25) is 0 Å². The zero-order valence-electron chi connectivity index (χ0n) is 16.3. The predicted octanol–water partition coefficient (Wildman–Crippen LogP) is 7.69. The second-order valence-corrected chi connectivity index (χ2v) is 7.25. The molecule has 0 bridgehead atoms. The quantitative estimate of drug-likeness (QED) is 0.361. The lowest BCUT2D eigenvalue weighted by Crippen LogP contribution is -1.94. The summed E-state index contributed by atoms with van der Waals surface area (Å²) in [5.41, 5.74) is 4.26. The van der Waals surface area contributed by atoms with E-state index in [1.165, 1.54) is 69.8 Å². The SMILES string of the molecule is CCCCCCCCCCCCc1cccc(-c2ccccc2)c1C#N. The third-order valence-electron chi connectivity index (χ3n) is 5.15. The first-order valence-electron chi connectivity index (χ1n) is 10.4. The topological polar surface area (TPSA) is 23.8 Å². The number of nitriles is 1. The van der Waals surface area contributed by atoms with E-state index in [2.05, 4.69) is 43.3 Å². The predicted molar refractivity (Wildman–Crippen MR) is 112 cm³/mol. The minimum absolute atomic E-state index is 0.856. The molecule has 0 saturated heterocycles. The van der Waals surface area contributed by atoms with Gasteiger partial charge in [-0.1, -0.05) is 113 Å². The van der Waals surface area contributed by atoms with E-state index in [9.17, 15) is 5.26 Å². The highest BCUT2D eigenvalue weighted by atomic mass is 14.3. The van der Waals surface area contributed by atoms with Crippen molar-refractivity contribution in [2.45, 2.75) is 77.6 Å². The molecule has 0 aromatic heterocycles. The Labute approximate surface area is 160 Å². The molecule has 2 aromatic rings. The van der Waals surface area contributed by atoms with Gasteiger partial charge in [0, 0.05) is 0 Å². The molecule has 0 saturated carbocycles. The summed E-state index contributed by atoms with van der Waals surface area (Å²) in [4.78, 5) is 0. The fourth-order valence-corrected chi connectivity index (χ4v) is 3.60. The largest absolute Gasteiger partial charge is 0.192 e. The summed E-state index contributed by atoms with van der Waals surface area (Å²) in [6, 6.07) is 19.0. The van der Waals surface area contributed by atoms with Crippen LogP contribution in [0.5, 0.6) is 0 Å². The average Bonchev–Trinajstić information content (AvgIpc) is 2.69. The number of unbranched alkanes of at least 4 members (excludes halogenated alkanes) is 9. The smallest absolute Gasteiger partial charge is 0.100 e. The molecule has 0 fully saturated rings. The van der Waals surface area contributed by atoms with E-state index in [1.54, 1.807) is 0 Å². The van der Waals surface area contributed by atoms with Crippen LogP contribution >= 0.6 is 0 Å². The van der Waals surface area contributed by atoms with Crippen LogP contribution in [-0.2, 0) is 6.42 Å². The first-order valence-corrected chi connectivity index (χ1v) is 10.4. The zero-order chi connectivity index (χ0) is 18.5. The molecule has 0 radical (unpaired) electrons. The van der Waals surface area contributed by atoms with Crippen LogP contribution in [0, 0.1) is 11.3 Å². The summed E-state index contributed by atoms with van der Waals surface area (Å²) < 4.78 is 0. The maximum absolute atomic E-state index is 9.67. The molecule has 2 rings (SSSR count). The van der Waals surface area contributed by atoms with Gasteiger partial charge in [-0.25, -0.2) is 0 Å². The van der Waals surface area contributed by atoms with Crippen molar-refractivity contribution in [3.05, 3.63) is 59.7 Å². The Morgan fingerprint density at radius 1 is 0.692 bits per heavy atom. The molecule has 1 nitrogen and oxygen atoms in total. The normalized spacial score (nSPS) is 10.6. The van der Waals surface area contributed by atoms with Crippen LogP contribution in [-0.4, -0.2) is 0 Å². The summed E-state index contributed by atoms with van der Waals surface area (Å²) in [6.45, 7) is 2.27. The minimum Gasteiger partial charge on any atom is -0.192 e. The highest BCUT2D eigenvalue weighted by Gasteiger charge is 2.09. The van der Waals surface area contributed by atoms with Gasteiger partial charge in [0.2, 0.25) is 0 Å². The molecule has 0 heterocycles. The molecule has 0 amide bonds. The molecule has 0 N–H and O–H groups in total. The summed E-state index contributed by atoms with van der Waals surface area (Å²) >= 11 is 0. The Morgan fingerprint density at radius 2 is 1.31 bits per heavy atom. The van der Waals surface area contributed by atoms with Crippen molar-refractivity contribution in [1.29, 1.82) is 5.26 Å². The zero-order valence-corrected chi connectivity index (χ0v) is 16.3. The fraction of sp³-hybridized carbons (Fsp3) is 0.480. The summed E-state index contributed by atoms with van der Waals surface area (Å²) in [7, 11) is 0. The molecule has 0 unspecified atom stereocenters. The molecule has 0 aliphatic heterocycles. The van der Waals surface area contributed by atoms with Crippen molar-refractivity contribution in [2.75, 3.05) is 0 Å². The summed E-state index contributed by atoms with van der Waals surface area (Å²) in [5.74, 6) is 0. The van der Waals surface area contributed by atoms with Gasteiger partial charge in [-0.3, -0.25) is 0 Å². The van der Waals surface area contributed by atoms with Crippen molar-refractivity contribution in [3.63, 3.8) is 0 Å². The first kappa shape index (κ1) is 20.2. The molecule has 26 heavy (non-hydrogen) atoms. The van der Waals surface area contributed by atoms with Crippen molar-refractivity contribution >= 4 is 0 Å². The Balaban J connectivity index is 1.76. The van der Waals surface area contributed by atoms with E-state index in [-0.39, 0.29) is 0 Å². The molecule has 0 aliphatic rings. The summed E-state index contributed by atoms with van der Waals surface area (Å²) in [5, 5.41) is 9.67. The Morgan fingerprint density at radius 3 is 1.92 bits per heavy atom. The van der Waals surface area contributed by atoms with Crippen molar-refractivity contribution in [3.8, 4) is 17.2 Å². The first-order chi connectivity index (χ1) is 12.9. The standard InChI is InChI=1S/C25H33N/c1-2-3-4-5-6-7-8-9-10-12-18-23-19-15-20-24(25(23)21-26)22-16-13-11-14-17-22/h11,13-17,19-20H,2-10,12,18H2,1H3. The molecule has 0 atom stereocenters. The maximum atomic E-state index is 9.67. The third-order valence-corrected chi connectivity index (χ3v) is 5.15. The van der Waals surface area contributed by atoms with Gasteiger partial charge in [-0.05, 0) is 29.5 Å². The van der Waals surface area contributed by atoms with Crippen LogP contribution < -0.4 is 0 Å². The highest BCUT2D eigenvalue weighted by Crippen LogP contribution is 2.26. The number of hydrogen-bond acceptors (Lipinski definition) is 1. The van der Waals surface area contributed by atoms with Crippen molar-refractivity contribution in [1.82, 2.24) is 0 Å². The number of rotatable bonds is 12. The lowest BCUT2D eigenvalue weighted by Gasteiger charge is -2.10. The fourth-order valence-electron chi connectivity index (χ4n) is 3.60. The van der Waals surface area contributed by atoms with Crippen molar-refractivity contribution < 1.29 is 0 Å². The van der Waals surface area contributed by atoms with E-state index in [4.69, 9.17) is 0 Å². The molecule has 1 heteroatoms. The van der Waals surface area contributed by atoms with Gasteiger partial charge in [0.15, 0.2) is 0 Å². The second-order valence-electron chi connectivity index (χ2n) is 7.25. The number of aryl methyl sites for hydroxylation is 1. The van der Waals surface area contributed by atoms with Crippen LogP contribution in [0.25, 0.3) is 11.1 Å². The Bertz CT molecular complexity index is 666. The minimum atomic E-state index is 0.856. The molecular formula is C25H33N. The van der Waals surface area contributed by atoms with Gasteiger partial charge in [-0.2, -0.15) is 5.26 Å².